The molecule has 0 fully saturated rings. The molecule has 200 valence electrons. The van der Waals surface area contributed by atoms with Crippen LogP contribution in [-0.4, -0.2) is 34.2 Å². The van der Waals surface area contributed by atoms with Crippen LogP contribution in [0.3, 0.4) is 0 Å². The maximum Gasteiger partial charge on any atom is 0.264 e. The SMILES string of the molecule is COc1ccc(S(=O)(=O)N(CC(=O)N/N=C\c2ccc(OCc3ccccc3Cl)cc2)c2ccccc2)cc1. The Morgan fingerprint density at radius 1 is 0.897 bits per heavy atom. The van der Waals surface area contributed by atoms with E-state index >= 15 is 0 Å². The van der Waals surface area contributed by atoms with Crippen molar-refractivity contribution in [3.63, 3.8) is 0 Å². The zero-order valence-electron chi connectivity index (χ0n) is 21.0. The van der Waals surface area contributed by atoms with Crippen molar-refractivity contribution in [3.05, 3.63) is 119 Å². The van der Waals surface area contributed by atoms with Crippen LogP contribution in [0, 0.1) is 0 Å². The van der Waals surface area contributed by atoms with Crippen molar-refractivity contribution >= 4 is 39.4 Å². The fourth-order valence-corrected chi connectivity index (χ4v) is 5.17. The Hall–Kier alpha value is -4.34. The predicted molar refractivity (Wildman–Crippen MR) is 152 cm³/mol. The molecule has 0 aliphatic rings. The zero-order chi connectivity index (χ0) is 27.7. The molecule has 4 rings (SSSR count). The van der Waals surface area contributed by atoms with Gasteiger partial charge in [-0.1, -0.05) is 48.0 Å². The molecule has 4 aromatic carbocycles. The Morgan fingerprint density at radius 2 is 1.54 bits per heavy atom. The minimum Gasteiger partial charge on any atom is -0.497 e. The summed E-state index contributed by atoms with van der Waals surface area (Å²) >= 11 is 6.16. The molecule has 10 heteroatoms. The van der Waals surface area contributed by atoms with Gasteiger partial charge >= 0.3 is 0 Å². The molecule has 0 atom stereocenters. The van der Waals surface area contributed by atoms with E-state index in [1.54, 1.807) is 66.7 Å². The number of amides is 1. The second-order valence-corrected chi connectivity index (χ2v) is 10.5. The Bertz CT molecular complexity index is 1530. The van der Waals surface area contributed by atoms with E-state index in [0.29, 0.717) is 34.4 Å². The molecule has 0 bridgehead atoms. The molecule has 0 aliphatic carbocycles. The predicted octanol–water partition coefficient (Wildman–Crippen LogP) is 5.27. The number of carbonyl (C=O) groups excluding carboxylic acids is 1. The Morgan fingerprint density at radius 3 is 2.21 bits per heavy atom. The monoisotopic (exact) mass is 563 g/mol. The van der Waals surface area contributed by atoms with Crippen molar-refractivity contribution in [2.24, 2.45) is 5.10 Å². The average Bonchev–Trinajstić information content (AvgIpc) is 2.96. The summed E-state index contributed by atoms with van der Waals surface area (Å²) in [6.07, 6.45) is 1.46. The van der Waals surface area contributed by atoms with Gasteiger partial charge in [-0.15, -0.1) is 0 Å². The minimum atomic E-state index is -4.04. The summed E-state index contributed by atoms with van der Waals surface area (Å²) in [6, 6.07) is 28.9. The van der Waals surface area contributed by atoms with Crippen molar-refractivity contribution < 1.29 is 22.7 Å². The second-order valence-electron chi connectivity index (χ2n) is 8.27. The van der Waals surface area contributed by atoms with Crippen molar-refractivity contribution in [2.45, 2.75) is 11.5 Å². The third-order valence-electron chi connectivity index (χ3n) is 5.61. The summed E-state index contributed by atoms with van der Waals surface area (Å²) in [4.78, 5) is 12.7. The van der Waals surface area contributed by atoms with Gasteiger partial charge in [0, 0.05) is 10.6 Å². The normalized spacial score (nSPS) is 11.2. The van der Waals surface area contributed by atoms with Gasteiger partial charge in [0.15, 0.2) is 0 Å². The number of halogens is 1. The molecular weight excluding hydrogens is 538 g/mol. The van der Waals surface area contributed by atoms with Crippen LogP contribution in [0.2, 0.25) is 5.02 Å². The highest BCUT2D eigenvalue weighted by Gasteiger charge is 2.27. The molecule has 1 amide bonds. The van der Waals surface area contributed by atoms with Gasteiger partial charge in [0.05, 0.1) is 23.9 Å². The number of hydrogen-bond acceptors (Lipinski definition) is 6. The van der Waals surface area contributed by atoms with Gasteiger partial charge in [0.2, 0.25) is 0 Å². The van der Waals surface area contributed by atoms with Gasteiger partial charge in [-0.25, -0.2) is 13.8 Å². The molecule has 0 heterocycles. The highest BCUT2D eigenvalue weighted by Crippen LogP contribution is 2.25. The number of hydrogen-bond donors (Lipinski definition) is 1. The fraction of sp³-hybridized carbons (Fsp3) is 0.103. The van der Waals surface area contributed by atoms with E-state index in [1.807, 2.05) is 24.3 Å². The Labute approximate surface area is 232 Å². The van der Waals surface area contributed by atoms with Gasteiger partial charge in [0.1, 0.15) is 24.7 Å². The molecule has 4 aromatic rings. The molecule has 0 spiro atoms. The van der Waals surface area contributed by atoms with Crippen LogP contribution in [0.4, 0.5) is 5.69 Å². The number of anilines is 1. The molecule has 0 aromatic heterocycles. The van der Waals surface area contributed by atoms with Gasteiger partial charge < -0.3 is 9.47 Å². The number of nitrogens with zero attached hydrogens (tertiary/aromatic N) is 2. The molecule has 39 heavy (non-hydrogen) atoms. The average molecular weight is 564 g/mol. The van der Waals surface area contributed by atoms with Crippen molar-refractivity contribution in [1.82, 2.24) is 5.43 Å². The molecule has 8 nitrogen and oxygen atoms in total. The van der Waals surface area contributed by atoms with Gasteiger partial charge in [-0.3, -0.25) is 9.10 Å². The number of ether oxygens (including phenoxy) is 2. The largest absolute Gasteiger partial charge is 0.497 e. The second kappa shape index (κ2) is 12.9. The van der Waals surface area contributed by atoms with Gasteiger partial charge in [-0.2, -0.15) is 5.10 Å². The van der Waals surface area contributed by atoms with Crippen molar-refractivity contribution in [3.8, 4) is 11.5 Å². The van der Waals surface area contributed by atoms with Gasteiger partial charge in [-0.05, 0) is 72.3 Å². The summed E-state index contributed by atoms with van der Waals surface area (Å²) in [5, 5.41) is 4.62. The topological polar surface area (TPSA) is 97.3 Å². The summed E-state index contributed by atoms with van der Waals surface area (Å²) in [5.74, 6) is 0.567. The highest BCUT2D eigenvalue weighted by molar-refractivity contribution is 7.92. The van der Waals surface area contributed by atoms with E-state index in [0.717, 1.165) is 9.87 Å². The lowest BCUT2D eigenvalue weighted by atomic mass is 10.2. The standard InChI is InChI=1S/C29H26ClN3O5S/c1-37-25-15-17-27(18-16-25)39(35,36)33(24-8-3-2-4-9-24)20-29(34)32-31-19-22-11-13-26(14-12-22)38-21-23-7-5-6-10-28(23)30/h2-19H,20-21H2,1H3,(H,32,34)/b31-19-. The zero-order valence-corrected chi connectivity index (χ0v) is 22.6. The number of benzene rings is 4. The number of carbonyl (C=O) groups is 1. The molecular formula is C29H26ClN3O5S. The van der Waals surface area contributed by atoms with Crippen molar-refractivity contribution in [2.75, 3.05) is 18.0 Å². The van der Waals surface area contributed by atoms with Crippen LogP contribution in [0.5, 0.6) is 11.5 Å². The van der Waals surface area contributed by atoms with E-state index in [-0.39, 0.29) is 4.90 Å². The maximum absolute atomic E-state index is 13.4. The van der Waals surface area contributed by atoms with E-state index in [9.17, 15) is 13.2 Å². The number of methoxy groups -OCH3 is 1. The Kier molecular flexibility index (Phi) is 9.19. The smallest absolute Gasteiger partial charge is 0.264 e. The quantitative estimate of drug-likeness (QED) is 0.198. The van der Waals surface area contributed by atoms with Crippen molar-refractivity contribution in [1.29, 1.82) is 0 Å². The van der Waals surface area contributed by atoms with Crippen LogP contribution >= 0.6 is 11.6 Å². The number of rotatable bonds is 11. The summed E-state index contributed by atoms with van der Waals surface area (Å²) in [5.41, 5.74) is 4.34. The minimum absolute atomic E-state index is 0.0281. The van der Waals surface area contributed by atoms with E-state index in [2.05, 4.69) is 10.5 Å². The maximum atomic E-state index is 13.4. The van der Waals surface area contributed by atoms with E-state index in [4.69, 9.17) is 21.1 Å². The van der Waals surface area contributed by atoms with Crippen LogP contribution in [0.1, 0.15) is 11.1 Å². The third-order valence-corrected chi connectivity index (χ3v) is 7.77. The summed E-state index contributed by atoms with van der Waals surface area (Å²) in [7, 11) is -2.55. The molecule has 0 saturated carbocycles. The molecule has 0 aliphatic heterocycles. The molecule has 0 saturated heterocycles. The van der Waals surface area contributed by atoms with E-state index in [1.165, 1.54) is 25.5 Å². The fourth-order valence-electron chi connectivity index (χ4n) is 3.56. The van der Waals surface area contributed by atoms with Crippen LogP contribution in [0.15, 0.2) is 113 Å². The number of hydrazone groups is 1. The molecule has 0 unspecified atom stereocenters. The highest BCUT2D eigenvalue weighted by atomic mass is 35.5. The number of sulfonamides is 1. The molecule has 0 radical (unpaired) electrons. The van der Waals surface area contributed by atoms with Crippen LogP contribution in [0.25, 0.3) is 0 Å². The Balaban J connectivity index is 1.39. The first-order chi connectivity index (χ1) is 18.9. The number of para-hydroxylation sites is 1. The number of nitrogens with one attached hydrogen (secondary N) is 1. The first-order valence-electron chi connectivity index (χ1n) is 11.9. The summed E-state index contributed by atoms with van der Waals surface area (Å²) in [6.45, 7) is -0.134. The first-order valence-corrected chi connectivity index (χ1v) is 13.7. The van der Waals surface area contributed by atoms with E-state index < -0.39 is 22.5 Å². The van der Waals surface area contributed by atoms with Crippen LogP contribution < -0.4 is 19.2 Å². The van der Waals surface area contributed by atoms with Crippen LogP contribution in [-0.2, 0) is 21.4 Å². The third kappa shape index (κ3) is 7.37. The lowest BCUT2D eigenvalue weighted by Crippen LogP contribution is -2.39. The first kappa shape index (κ1) is 27.7. The lowest BCUT2D eigenvalue weighted by Gasteiger charge is -2.23. The summed E-state index contributed by atoms with van der Waals surface area (Å²) < 4.78 is 38.7. The molecule has 1 N–H and O–H groups in total. The van der Waals surface area contributed by atoms with Gasteiger partial charge in [0.25, 0.3) is 15.9 Å². The lowest BCUT2D eigenvalue weighted by molar-refractivity contribution is -0.119.